The molecule has 11 heteroatoms. The molecular weight excluding hydrogens is 444 g/mol. The molecule has 0 unspecified atom stereocenters. The van der Waals surface area contributed by atoms with Gasteiger partial charge < -0.3 is 19.1 Å². The van der Waals surface area contributed by atoms with E-state index in [1.54, 1.807) is 35.8 Å². The monoisotopic (exact) mass is 468 g/mol. The molecule has 0 saturated carbocycles. The van der Waals surface area contributed by atoms with E-state index in [1.165, 1.54) is 12.4 Å². The van der Waals surface area contributed by atoms with Gasteiger partial charge in [0.05, 0.1) is 16.9 Å². The highest BCUT2D eigenvalue weighted by Crippen LogP contribution is 2.34. The lowest BCUT2D eigenvalue weighted by atomic mass is 10.1. The number of nitro benzene ring substituents is 1. The van der Waals surface area contributed by atoms with Crippen LogP contribution < -0.4 is 9.64 Å². The standard InChI is InChI=1S/C22H24N6O4S/c1-25-15-23-24-22(25)33-20-9-4-16(14-19(20)28(30)31)21(29)27-11-3-10-26(12-13-27)17-5-7-18(32-2)8-6-17/h4-9,14-15H,3,10-13H2,1-2H3. The summed E-state index contributed by atoms with van der Waals surface area (Å²) in [6.07, 6.45) is 2.33. The Morgan fingerprint density at radius 2 is 1.91 bits per heavy atom. The molecule has 1 fully saturated rings. The first-order valence-electron chi connectivity index (χ1n) is 10.4. The molecule has 172 valence electrons. The average Bonchev–Trinajstić information content (AvgIpc) is 3.08. The van der Waals surface area contributed by atoms with Crippen LogP contribution >= 0.6 is 11.8 Å². The van der Waals surface area contributed by atoms with E-state index in [1.807, 2.05) is 24.3 Å². The van der Waals surface area contributed by atoms with E-state index < -0.39 is 4.92 Å². The number of amides is 1. The highest BCUT2D eigenvalue weighted by atomic mass is 32.2. The summed E-state index contributed by atoms with van der Waals surface area (Å²) in [4.78, 5) is 28.8. The van der Waals surface area contributed by atoms with E-state index in [0.29, 0.717) is 35.2 Å². The largest absolute Gasteiger partial charge is 0.497 e. The zero-order valence-corrected chi connectivity index (χ0v) is 19.2. The average molecular weight is 469 g/mol. The molecule has 33 heavy (non-hydrogen) atoms. The lowest BCUT2D eigenvalue weighted by Gasteiger charge is -2.24. The summed E-state index contributed by atoms with van der Waals surface area (Å²) < 4.78 is 6.90. The Labute approximate surface area is 195 Å². The van der Waals surface area contributed by atoms with Crippen molar-refractivity contribution in [2.45, 2.75) is 16.5 Å². The Hall–Kier alpha value is -3.60. The highest BCUT2D eigenvalue weighted by Gasteiger charge is 2.24. The molecule has 2 aromatic carbocycles. The number of ether oxygens (including phenoxy) is 1. The SMILES string of the molecule is COc1ccc(N2CCCN(C(=O)c3ccc(Sc4nncn4C)c([N+](=O)[O-])c3)CC2)cc1. The number of hydrogen-bond donors (Lipinski definition) is 0. The minimum atomic E-state index is -0.469. The third-order valence-electron chi connectivity index (χ3n) is 5.49. The first-order chi connectivity index (χ1) is 16.0. The van der Waals surface area contributed by atoms with Crippen LogP contribution in [0.1, 0.15) is 16.8 Å². The van der Waals surface area contributed by atoms with Crippen molar-refractivity contribution >= 4 is 29.0 Å². The number of hydrogen-bond acceptors (Lipinski definition) is 8. The number of carbonyl (C=O) groups excluding carboxylic acids is 1. The third kappa shape index (κ3) is 5.08. The molecule has 0 atom stereocenters. The van der Waals surface area contributed by atoms with Crippen molar-refractivity contribution in [2.24, 2.45) is 7.05 Å². The van der Waals surface area contributed by atoms with Crippen LogP contribution in [0.25, 0.3) is 0 Å². The fourth-order valence-electron chi connectivity index (χ4n) is 3.70. The smallest absolute Gasteiger partial charge is 0.284 e. The summed E-state index contributed by atoms with van der Waals surface area (Å²) in [5, 5.41) is 20.0. The maximum absolute atomic E-state index is 13.2. The van der Waals surface area contributed by atoms with Crippen LogP contribution in [0.3, 0.4) is 0 Å². The van der Waals surface area contributed by atoms with Crippen molar-refractivity contribution in [3.8, 4) is 5.75 Å². The summed E-state index contributed by atoms with van der Waals surface area (Å²) in [7, 11) is 3.40. The summed E-state index contributed by atoms with van der Waals surface area (Å²) in [6, 6.07) is 12.5. The van der Waals surface area contributed by atoms with Gasteiger partial charge in [-0.05, 0) is 54.6 Å². The molecule has 1 saturated heterocycles. The second-order valence-electron chi connectivity index (χ2n) is 7.60. The lowest BCUT2D eigenvalue weighted by Crippen LogP contribution is -2.35. The van der Waals surface area contributed by atoms with Crippen LogP contribution in [-0.4, -0.2) is 63.8 Å². The van der Waals surface area contributed by atoms with Crippen LogP contribution in [0.4, 0.5) is 11.4 Å². The van der Waals surface area contributed by atoms with Crippen molar-refractivity contribution in [3.63, 3.8) is 0 Å². The van der Waals surface area contributed by atoms with Crippen molar-refractivity contribution < 1.29 is 14.5 Å². The quantitative estimate of drug-likeness (QED) is 0.401. The first-order valence-corrected chi connectivity index (χ1v) is 11.3. The molecular formula is C22H24N6O4S. The number of aryl methyl sites for hydroxylation is 1. The summed E-state index contributed by atoms with van der Waals surface area (Å²) in [6.45, 7) is 2.63. The molecule has 1 amide bonds. The number of benzene rings is 2. The Bertz CT molecular complexity index is 1150. The highest BCUT2D eigenvalue weighted by molar-refractivity contribution is 7.99. The molecule has 10 nitrogen and oxygen atoms in total. The van der Waals surface area contributed by atoms with Gasteiger partial charge in [-0.15, -0.1) is 10.2 Å². The van der Waals surface area contributed by atoms with Crippen LogP contribution in [0, 0.1) is 10.1 Å². The Kier molecular flexibility index (Phi) is 6.78. The van der Waals surface area contributed by atoms with Gasteiger partial charge in [-0.25, -0.2) is 0 Å². The Morgan fingerprint density at radius 3 is 2.58 bits per heavy atom. The predicted octanol–water partition coefficient (Wildman–Crippen LogP) is 3.24. The fraction of sp³-hybridized carbons (Fsp3) is 0.318. The van der Waals surface area contributed by atoms with Crippen LogP contribution in [0.2, 0.25) is 0 Å². The minimum absolute atomic E-state index is 0.122. The van der Waals surface area contributed by atoms with E-state index in [4.69, 9.17) is 4.74 Å². The number of rotatable bonds is 6. The molecule has 1 aliphatic rings. The number of aromatic nitrogens is 3. The summed E-state index contributed by atoms with van der Waals surface area (Å²) in [5.74, 6) is 0.595. The lowest BCUT2D eigenvalue weighted by molar-refractivity contribution is -0.387. The van der Waals surface area contributed by atoms with Gasteiger partial charge in [0.25, 0.3) is 11.6 Å². The molecule has 0 bridgehead atoms. The van der Waals surface area contributed by atoms with Gasteiger partial charge in [0.2, 0.25) is 0 Å². The first kappa shape index (κ1) is 22.6. The number of anilines is 1. The fourth-order valence-corrected chi connectivity index (χ4v) is 4.55. The van der Waals surface area contributed by atoms with Gasteiger partial charge in [-0.2, -0.15) is 0 Å². The zero-order chi connectivity index (χ0) is 23.4. The van der Waals surface area contributed by atoms with Crippen LogP contribution in [0.15, 0.2) is 58.8 Å². The van der Waals surface area contributed by atoms with E-state index >= 15 is 0 Å². The Morgan fingerprint density at radius 1 is 1.12 bits per heavy atom. The molecule has 1 aromatic heterocycles. The number of nitrogens with zero attached hydrogens (tertiary/aromatic N) is 6. The number of nitro groups is 1. The van der Waals surface area contributed by atoms with E-state index in [2.05, 4.69) is 15.1 Å². The third-order valence-corrected chi connectivity index (χ3v) is 6.61. The number of methoxy groups -OCH3 is 1. The van der Waals surface area contributed by atoms with Gasteiger partial charge in [-0.1, -0.05) is 0 Å². The van der Waals surface area contributed by atoms with Crippen LogP contribution in [0.5, 0.6) is 5.75 Å². The number of carbonyl (C=O) groups is 1. The minimum Gasteiger partial charge on any atom is -0.497 e. The van der Waals surface area contributed by atoms with Crippen molar-refractivity contribution in [3.05, 3.63) is 64.5 Å². The topological polar surface area (TPSA) is 107 Å². The zero-order valence-electron chi connectivity index (χ0n) is 18.4. The molecule has 0 spiro atoms. The van der Waals surface area contributed by atoms with Crippen molar-refractivity contribution in [1.82, 2.24) is 19.7 Å². The van der Waals surface area contributed by atoms with Crippen LogP contribution in [-0.2, 0) is 7.05 Å². The maximum Gasteiger partial charge on any atom is 0.284 e. The second-order valence-corrected chi connectivity index (χ2v) is 8.61. The molecule has 2 heterocycles. The van der Waals surface area contributed by atoms with Gasteiger partial charge >= 0.3 is 0 Å². The molecule has 4 rings (SSSR count). The van der Waals surface area contributed by atoms with Crippen molar-refractivity contribution in [1.29, 1.82) is 0 Å². The molecule has 3 aromatic rings. The normalized spacial score (nSPS) is 14.1. The molecule has 0 N–H and O–H groups in total. The van der Waals surface area contributed by atoms with Crippen molar-refractivity contribution in [2.75, 3.05) is 38.2 Å². The second kappa shape index (κ2) is 9.90. The molecule has 0 radical (unpaired) electrons. The van der Waals surface area contributed by atoms with E-state index in [0.717, 1.165) is 36.2 Å². The Balaban J connectivity index is 1.48. The van der Waals surface area contributed by atoms with Gasteiger partial charge in [-0.3, -0.25) is 14.9 Å². The van der Waals surface area contributed by atoms with Gasteiger partial charge in [0, 0.05) is 50.5 Å². The molecule has 1 aliphatic heterocycles. The molecule has 0 aliphatic carbocycles. The van der Waals surface area contributed by atoms with E-state index in [-0.39, 0.29) is 11.6 Å². The van der Waals surface area contributed by atoms with Gasteiger partial charge in [0.15, 0.2) is 5.16 Å². The predicted molar refractivity (Wildman–Crippen MR) is 124 cm³/mol. The summed E-state index contributed by atoms with van der Waals surface area (Å²) >= 11 is 1.14. The van der Waals surface area contributed by atoms with Gasteiger partial charge in [0.1, 0.15) is 12.1 Å². The summed E-state index contributed by atoms with van der Waals surface area (Å²) in [5.41, 5.74) is 1.26. The maximum atomic E-state index is 13.2. The van der Waals surface area contributed by atoms with E-state index in [9.17, 15) is 14.9 Å².